The molecule has 1 aromatic carbocycles. The Bertz CT molecular complexity index is 1530. The van der Waals surface area contributed by atoms with Gasteiger partial charge in [-0.15, -0.1) is 10.2 Å². The summed E-state index contributed by atoms with van der Waals surface area (Å²) in [6.07, 6.45) is 13.0. The van der Waals surface area contributed by atoms with Crippen molar-refractivity contribution in [2.45, 2.75) is 76.3 Å². The molecule has 2 aromatic heterocycles. The van der Waals surface area contributed by atoms with Crippen LogP contribution in [0.2, 0.25) is 0 Å². The van der Waals surface area contributed by atoms with Crippen LogP contribution in [-0.4, -0.2) is 93.1 Å². The summed E-state index contributed by atoms with van der Waals surface area (Å²) in [7, 11) is 1.85. The van der Waals surface area contributed by atoms with Crippen LogP contribution in [0.1, 0.15) is 69.8 Å². The number of phenolic OH excluding ortho intramolecular Hbond substituents is 1. The van der Waals surface area contributed by atoms with Gasteiger partial charge in [-0.3, -0.25) is 4.79 Å². The molecule has 0 bridgehead atoms. The van der Waals surface area contributed by atoms with Crippen LogP contribution < -0.4 is 15.1 Å². The number of hydrogen-bond acceptors (Lipinski definition) is 10. The van der Waals surface area contributed by atoms with Crippen molar-refractivity contribution >= 4 is 23.4 Å². The average Bonchev–Trinajstić information content (AvgIpc) is 3.07. The lowest BCUT2D eigenvalue weighted by atomic mass is 9.55. The maximum Gasteiger partial charge on any atom is 0.306 e. The van der Waals surface area contributed by atoms with Gasteiger partial charge in [0.2, 0.25) is 5.95 Å². The number of nitrogens with one attached hydrogen (secondary N) is 1. The van der Waals surface area contributed by atoms with Gasteiger partial charge in [-0.1, -0.05) is 12.1 Å². The summed E-state index contributed by atoms with van der Waals surface area (Å²) in [5.74, 6) is 1.47. The second-order valence-electron chi connectivity index (χ2n) is 14.0. The van der Waals surface area contributed by atoms with Gasteiger partial charge in [0.25, 0.3) is 0 Å². The lowest BCUT2D eigenvalue weighted by molar-refractivity contribution is -0.152. The van der Waals surface area contributed by atoms with Gasteiger partial charge in [-0.2, -0.15) is 0 Å². The highest BCUT2D eigenvalue weighted by molar-refractivity contribution is 5.75. The molecule has 4 fully saturated rings. The molecule has 1 atom stereocenters. The summed E-state index contributed by atoms with van der Waals surface area (Å²) in [6, 6.07) is 10.1. The number of piperidine rings is 1. The van der Waals surface area contributed by atoms with E-state index < -0.39 is 5.97 Å². The third-order valence-corrected chi connectivity index (χ3v) is 11.3. The number of anilines is 3. The van der Waals surface area contributed by atoms with Crippen molar-refractivity contribution in [2.75, 3.05) is 54.9 Å². The standard InChI is InChI=1S/C35H46N8O3/c1-23-22-42(15-16-43(23)30-17-29(39-40-32(30)36-2)28-5-3-4-6-31(28)44)34-37-20-26(21-38-34)24-9-13-41(14-10-24)27-7-11-35(12-8-27)18-25(19-35)33(45)46/h3-6,17,20-21,23-25,27,44H,7-16,18-19,22H2,1-2H3,(H,36,40)(H,45,46)/t23-,25?,27?,35?/m0/s1. The number of phenols is 1. The molecule has 3 N–H and O–H groups in total. The van der Waals surface area contributed by atoms with Gasteiger partial charge in [-0.05, 0) is 106 Å². The number of aliphatic carboxylic acids is 1. The van der Waals surface area contributed by atoms with Gasteiger partial charge < -0.3 is 30.2 Å². The first kappa shape index (κ1) is 30.7. The van der Waals surface area contributed by atoms with E-state index in [1.54, 1.807) is 12.1 Å². The molecule has 0 unspecified atom stereocenters. The molecule has 2 saturated carbocycles. The monoisotopic (exact) mass is 626 g/mol. The van der Waals surface area contributed by atoms with E-state index in [1.807, 2.05) is 37.6 Å². The van der Waals surface area contributed by atoms with Crippen molar-refractivity contribution in [2.24, 2.45) is 11.3 Å². The number of carboxylic acids is 1. The molecule has 244 valence electrons. The van der Waals surface area contributed by atoms with E-state index in [-0.39, 0.29) is 17.7 Å². The van der Waals surface area contributed by atoms with Crippen LogP contribution in [0, 0.1) is 11.3 Å². The molecule has 7 rings (SSSR count). The predicted octanol–water partition coefficient (Wildman–Crippen LogP) is 5.00. The number of hydrogen-bond donors (Lipinski definition) is 3. The van der Waals surface area contributed by atoms with E-state index in [0.717, 1.165) is 70.0 Å². The van der Waals surface area contributed by atoms with Crippen LogP contribution in [0.15, 0.2) is 42.7 Å². The molecule has 4 aliphatic rings. The van der Waals surface area contributed by atoms with E-state index in [9.17, 15) is 15.0 Å². The van der Waals surface area contributed by atoms with Crippen molar-refractivity contribution < 1.29 is 15.0 Å². The molecule has 0 amide bonds. The van der Waals surface area contributed by atoms with Crippen molar-refractivity contribution in [3.8, 4) is 17.0 Å². The second-order valence-corrected chi connectivity index (χ2v) is 14.0. The minimum atomic E-state index is -0.605. The fraction of sp³-hybridized carbons (Fsp3) is 0.571. The molecule has 11 heteroatoms. The molecular weight excluding hydrogens is 580 g/mol. The van der Waals surface area contributed by atoms with Crippen LogP contribution in [0.5, 0.6) is 5.75 Å². The summed E-state index contributed by atoms with van der Waals surface area (Å²) >= 11 is 0. The first-order valence-electron chi connectivity index (χ1n) is 17.0. The maximum absolute atomic E-state index is 11.3. The Morgan fingerprint density at radius 3 is 2.35 bits per heavy atom. The minimum Gasteiger partial charge on any atom is -0.507 e. The number of aromatic hydroxyl groups is 1. The van der Waals surface area contributed by atoms with Crippen LogP contribution in [0.25, 0.3) is 11.3 Å². The van der Waals surface area contributed by atoms with E-state index in [0.29, 0.717) is 34.4 Å². The highest BCUT2D eigenvalue weighted by Gasteiger charge is 2.49. The zero-order valence-electron chi connectivity index (χ0n) is 27.0. The lowest BCUT2D eigenvalue weighted by Crippen LogP contribution is -2.52. The lowest BCUT2D eigenvalue weighted by Gasteiger charge is -2.52. The number of para-hydroxylation sites is 1. The Morgan fingerprint density at radius 2 is 1.70 bits per heavy atom. The Labute approximate surface area is 271 Å². The highest BCUT2D eigenvalue weighted by Crippen LogP contribution is 2.55. The Balaban J connectivity index is 0.928. The normalized spacial score (nSPS) is 27.4. The SMILES string of the molecule is CNc1nnc(-c2ccccc2O)cc1N1CCN(c2ncc(C3CCN(C4CCC5(CC4)CC(C(=O)O)C5)CC3)cn2)C[C@@H]1C. The van der Waals surface area contributed by atoms with Crippen molar-refractivity contribution in [3.05, 3.63) is 48.3 Å². The minimum absolute atomic E-state index is 0.101. The third kappa shape index (κ3) is 5.97. The molecule has 2 aliphatic carbocycles. The number of likely N-dealkylation sites (tertiary alicyclic amines) is 1. The largest absolute Gasteiger partial charge is 0.507 e. The van der Waals surface area contributed by atoms with Gasteiger partial charge in [0.1, 0.15) is 5.75 Å². The van der Waals surface area contributed by atoms with Gasteiger partial charge >= 0.3 is 5.97 Å². The average molecular weight is 627 g/mol. The van der Waals surface area contributed by atoms with E-state index in [2.05, 4.69) is 37.1 Å². The first-order chi connectivity index (χ1) is 22.3. The molecular formula is C35H46N8O3. The number of aromatic nitrogens is 4. The number of carbonyl (C=O) groups is 1. The Hall–Kier alpha value is -3.99. The van der Waals surface area contributed by atoms with Crippen LogP contribution in [-0.2, 0) is 4.79 Å². The Morgan fingerprint density at radius 1 is 0.978 bits per heavy atom. The van der Waals surface area contributed by atoms with Gasteiger partial charge in [0.15, 0.2) is 5.82 Å². The van der Waals surface area contributed by atoms with E-state index in [4.69, 9.17) is 9.97 Å². The summed E-state index contributed by atoms with van der Waals surface area (Å²) in [4.78, 5) is 28.3. The summed E-state index contributed by atoms with van der Waals surface area (Å²) in [5, 5.41) is 31.7. The summed E-state index contributed by atoms with van der Waals surface area (Å²) in [6.45, 7) is 6.80. The zero-order valence-corrected chi connectivity index (χ0v) is 27.0. The molecule has 4 heterocycles. The van der Waals surface area contributed by atoms with Crippen molar-refractivity contribution in [1.29, 1.82) is 0 Å². The number of benzene rings is 1. The molecule has 2 saturated heterocycles. The number of rotatable bonds is 7. The van der Waals surface area contributed by atoms with E-state index in [1.165, 1.54) is 31.2 Å². The molecule has 1 spiro atoms. The van der Waals surface area contributed by atoms with Crippen LogP contribution >= 0.6 is 0 Å². The van der Waals surface area contributed by atoms with Gasteiger partial charge in [0, 0.05) is 56.7 Å². The van der Waals surface area contributed by atoms with Crippen LogP contribution in [0.4, 0.5) is 17.5 Å². The topological polar surface area (TPSA) is 131 Å². The van der Waals surface area contributed by atoms with Gasteiger partial charge in [-0.25, -0.2) is 9.97 Å². The summed E-state index contributed by atoms with van der Waals surface area (Å²) < 4.78 is 0. The van der Waals surface area contributed by atoms with Crippen molar-refractivity contribution in [3.63, 3.8) is 0 Å². The zero-order chi connectivity index (χ0) is 31.8. The maximum atomic E-state index is 11.3. The fourth-order valence-corrected chi connectivity index (χ4v) is 8.55. The predicted molar refractivity (Wildman–Crippen MR) is 178 cm³/mol. The number of nitrogens with zero attached hydrogens (tertiary/aromatic N) is 7. The molecule has 2 aliphatic heterocycles. The third-order valence-electron chi connectivity index (χ3n) is 11.3. The second kappa shape index (κ2) is 12.7. The number of piperazine rings is 1. The molecule has 3 aromatic rings. The molecule has 46 heavy (non-hydrogen) atoms. The highest BCUT2D eigenvalue weighted by atomic mass is 16.4. The van der Waals surface area contributed by atoms with E-state index >= 15 is 0 Å². The molecule has 0 radical (unpaired) electrons. The number of carboxylic acid groups (broad SMARTS) is 1. The quantitative estimate of drug-likeness (QED) is 0.328. The van der Waals surface area contributed by atoms with Crippen molar-refractivity contribution in [1.82, 2.24) is 25.1 Å². The Kier molecular flexibility index (Phi) is 8.44. The van der Waals surface area contributed by atoms with Crippen LogP contribution in [0.3, 0.4) is 0 Å². The smallest absolute Gasteiger partial charge is 0.306 e. The van der Waals surface area contributed by atoms with Gasteiger partial charge in [0.05, 0.1) is 17.3 Å². The molecule has 11 nitrogen and oxygen atoms in total. The fourth-order valence-electron chi connectivity index (χ4n) is 8.55. The first-order valence-corrected chi connectivity index (χ1v) is 17.0. The summed E-state index contributed by atoms with van der Waals surface area (Å²) in [5.41, 5.74) is 3.84.